The first kappa shape index (κ1) is 10.2. The highest BCUT2D eigenvalue weighted by Gasteiger charge is 2.01. The summed E-state index contributed by atoms with van der Waals surface area (Å²) in [5, 5.41) is 3.97. The van der Waals surface area contributed by atoms with Crippen LogP contribution in [0.3, 0.4) is 0 Å². The summed E-state index contributed by atoms with van der Waals surface area (Å²) in [5.74, 6) is 0. The lowest BCUT2D eigenvalue weighted by Crippen LogP contribution is -2.03. The maximum atomic E-state index is 5.91. The summed E-state index contributed by atoms with van der Waals surface area (Å²) in [4.78, 5) is 0. The topological polar surface area (TPSA) is 38.0 Å². The van der Waals surface area contributed by atoms with Crippen molar-refractivity contribution in [3.8, 4) is 0 Å². The Hall–Kier alpha value is -0.890. The van der Waals surface area contributed by atoms with E-state index in [1.807, 2.05) is 13.0 Å². The third kappa shape index (κ3) is 2.52. The second kappa shape index (κ2) is 4.38. The number of nitrogens with one attached hydrogen (secondary N) is 1. The zero-order chi connectivity index (χ0) is 9.84. The molecule has 0 spiro atoms. The van der Waals surface area contributed by atoms with Gasteiger partial charge >= 0.3 is 0 Å². The van der Waals surface area contributed by atoms with Gasteiger partial charge in [0.2, 0.25) is 0 Å². The van der Waals surface area contributed by atoms with Gasteiger partial charge in [-0.15, -0.1) is 0 Å². The van der Waals surface area contributed by atoms with Gasteiger partial charge < -0.3 is 11.1 Å². The number of anilines is 2. The van der Waals surface area contributed by atoms with Gasteiger partial charge in [0.05, 0.1) is 11.4 Å². The Morgan fingerprint density at radius 2 is 2.15 bits per heavy atom. The molecule has 13 heavy (non-hydrogen) atoms. The fraction of sp³-hybridized carbons (Fsp3) is 0.400. The van der Waals surface area contributed by atoms with Crippen LogP contribution < -0.4 is 11.1 Å². The van der Waals surface area contributed by atoms with E-state index < -0.39 is 0 Å². The minimum absolute atomic E-state index is 0.712. The molecule has 2 nitrogen and oxygen atoms in total. The molecule has 1 rings (SSSR count). The molecule has 0 bridgehead atoms. The molecule has 72 valence electrons. The van der Waals surface area contributed by atoms with E-state index in [1.54, 1.807) is 6.07 Å². The fourth-order valence-electron chi connectivity index (χ4n) is 1.11. The Bertz CT molecular complexity index is 297. The third-order valence-corrected chi connectivity index (χ3v) is 2.30. The lowest BCUT2D eigenvalue weighted by atomic mass is 10.2. The molecule has 0 aliphatic carbocycles. The van der Waals surface area contributed by atoms with Crippen LogP contribution in [0.25, 0.3) is 0 Å². The second-order valence-corrected chi connectivity index (χ2v) is 3.52. The first-order chi connectivity index (χ1) is 6.15. The molecule has 0 aliphatic rings. The molecule has 0 saturated carbocycles. The minimum atomic E-state index is 0.712. The van der Waals surface area contributed by atoms with Gasteiger partial charge in [0.1, 0.15) is 0 Å². The van der Waals surface area contributed by atoms with Crippen molar-refractivity contribution in [2.24, 2.45) is 0 Å². The van der Waals surface area contributed by atoms with E-state index in [0.29, 0.717) is 5.69 Å². The van der Waals surface area contributed by atoms with Gasteiger partial charge in [-0.25, -0.2) is 0 Å². The second-order valence-electron chi connectivity index (χ2n) is 3.12. The van der Waals surface area contributed by atoms with E-state index in [0.717, 1.165) is 29.2 Å². The number of nitrogens with two attached hydrogens (primary N) is 1. The Kier molecular flexibility index (Phi) is 3.43. The zero-order valence-corrected chi connectivity index (χ0v) is 8.78. The summed E-state index contributed by atoms with van der Waals surface area (Å²) < 4.78 is 0. The van der Waals surface area contributed by atoms with Gasteiger partial charge in [-0.2, -0.15) is 0 Å². The van der Waals surface area contributed by atoms with Gasteiger partial charge in [-0.1, -0.05) is 18.5 Å². The largest absolute Gasteiger partial charge is 0.397 e. The Morgan fingerprint density at radius 1 is 1.46 bits per heavy atom. The summed E-state index contributed by atoms with van der Waals surface area (Å²) in [7, 11) is 0. The van der Waals surface area contributed by atoms with Crippen LogP contribution in [0.5, 0.6) is 0 Å². The van der Waals surface area contributed by atoms with Crippen molar-refractivity contribution in [3.05, 3.63) is 22.7 Å². The minimum Gasteiger partial charge on any atom is -0.397 e. The Labute approximate surface area is 84.1 Å². The van der Waals surface area contributed by atoms with Crippen molar-refractivity contribution >= 4 is 23.0 Å². The van der Waals surface area contributed by atoms with Crippen molar-refractivity contribution in [2.75, 3.05) is 17.6 Å². The molecule has 0 aliphatic heterocycles. The maximum Gasteiger partial charge on any atom is 0.0577 e. The summed E-state index contributed by atoms with van der Waals surface area (Å²) in [6.07, 6.45) is 1.08. The van der Waals surface area contributed by atoms with Gasteiger partial charge in [-0.05, 0) is 31.0 Å². The standard InChI is InChI=1S/C10H15ClN2/c1-3-4-13-10-5-7(2)8(11)6-9(10)12/h5-6,13H,3-4,12H2,1-2H3. The molecule has 0 saturated heterocycles. The first-order valence-corrected chi connectivity index (χ1v) is 4.82. The molecular weight excluding hydrogens is 184 g/mol. The molecule has 0 atom stereocenters. The van der Waals surface area contributed by atoms with E-state index in [9.17, 15) is 0 Å². The van der Waals surface area contributed by atoms with Gasteiger partial charge in [0.25, 0.3) is 0 Å². The van der Waals surface area contributed by atoms with Crippen molar-refractivity contribution in [2.45, 2.75) is 20.3 Å². The van der Waals surface area contributed by atoms with E-state index in [-0.39, 0.29) is 0 Å². The monoisotopic (exact) mass is 198 g/mol. The lowest BCUT2D eigenvalue weighted by molar-refractivity contribution is 0.980. The quantitative estimate of drug-likeness (QED) is 0.733. The van der Waals surface area contributed by atoms with Crippen LogP contribution in [0, 0.1) is 6.92 Å². The van der Waals surface area contributed by atoms with Crippen molar-refractivity contribution < 1.29 is 0 Å². The summed E-state index contributed by atoms with van der Waals surface area (Å²) in [6, 6.07) is 3.77. The SMILES string of the molecule is CCCNc1cc(C)c(Cl)cc1N. The average molecular weight is 199 g/mol. The molecule has 0 heterocycles. The van der Waals surface area contributed by atoms with Crippen LogP contribution in [0.2, 0.25) is 5.02 Å². The number of benzene rings is 1. The van der Waals surface area contributed by atoms with Crippen LogP contribution in [0.15, 0.2) is 12.1 Å². The van der Waals surface area contributed by atoms with Crippen LogP contribution in [-0.2, 0) is 0 Å². The third-order valence-electron chi connectivity index (χ3n) is 1.90. The summed E-state index contributed by atoms with van der Waals surface area (Å²) in [6.45, 7) is 5.02. The highest BCUT2D eigenvalue weighted by atomic mass is 35.5. The molecule has 0 radical (unpaired) electrons. The molecule has 0 unspecified atom stereocenters. The zero-order valence-electron chi connectivity index (χ0n) is 8.02. The first-order valence-electron chi connectivity index (χ1n) is 4.44. The molecule has 3 heteroatoms. The van der Waals surface area contributed by atoms with Gasteiger partial charge in [0.15, 0.2) is 0 Å². The Morgan fingerprint density at radius 3 is 2.77 bits per heavy atom. The van der Waals surface area contributed by atoms with E-state index in [1.165, 1.54) is 0 Å². The fourth-order valence-corrected chi connectivity index (χ4v) is 1.28. The smallest absolute Gasteiger partial charge is 0.0577 e. The number of aryl methyl sites for hydroxylation is 1. The normalized spacial score (nSPS) is 10.1. The number of rotatable bonds is 3. The summed E-state index contributed by atoms with van der Waals surface area (Å²) in [5.41, 5.74) is 8.52. The number of halogens is 1. The lowest BCUT2D eigenvalue weighted by Gasteiger charge is -2.10. The number of nitrogen functional groups attached to an aromatic ring is 1. The number of hydrogen-bond donors (Lipinski definition) is 2. The van der Waals surface area contributed by atoms with Crippen LogP contribution in [0.4, 0.5) is 11.4 Å². The molecule has 0 amide bonds. The van der Waals surface area contributed by atoms with Crippen LogP contribution in [0.1, 0.15) is 18.9 Å². The van der Waals surface area contributed by atoms with Crippen LogP contribution >= 0.6 is 11.6 Å². The van der Waals surface area contributed by atoms with Crippen LogP contribution in [-0.4, -0.2) is 6.54 Å². The van der Waals surface area contributed by atoms with Gasteiger partial charge in [0, 0.05) is 11.6 Å². The molecule has 1 aromatic carbocycles. The summed E-state index contributed by atoms with van der Waals surface area (Å²) >= 11 is 5.91. The molecule has 3 N–H and O–H groups in total. The van der Waals surface area contributed by atoms with Crippen molar-refractivity contribution in [3.63, 3.8) is 0 Å². The molecule has 0 fully saturated rings. The molecular formula is C10H15ClN2. The van der Waals surface area contributed by atoms with E-state index >= 15 is 0 Å². The van der Waals surface area contributed by atoms with Crippen molar-refractivity contribution in [1.82, 2.24) is 0 Å². The number of hydrogen-bond acceptors (Lipinski definition) is 2. The highest BCUT2D eigenvalue weighted by Crippen LogP contribution is 2.26. The van der Waals surface area contributed by atoms with Gasteiger partial charge in [-0.3, -0.25) is 0 Å². The molecule has 0 aromatic heterocycles. The van der Waals surface area contributed by atoms with Crippen molar-refractivity contribution in [1.29, 1.82) is 0 Å². The molecule has 1 aromatic rings. The Balaban J connectivity index is 2.88. The van der Waals surface area contributed by atoms with E-state index in [4.69, 9.17) is 17.3 Å². The predicted molar refractivity (Wildman–Crippen MR) is 59.4 cm³/mol. The maximum absolute atomic E-state index is 5.91. The predicted octanol–water partition coefficient (Wildman–Crippen LogP) is 3.05. The van der Waals surface area contributed by atoms with E-state index in [2.05, 4.69) is 12.2 Å². The average Bonchev–Trinajstić information content (AvgIpc) is 2.09. The highest BCUT2D eigenvalue weighted by molar-refractivity contribution is 6.31.